The minimum Gasteiger partial charge on any atom is -0.330 e. The molecule has 0 aliphatic carbocycles. The molecule has 72 valence electrons. The third kappa shape index (κ3) is 3.55. The van der Waals surface area contributed by atoms with Crippen LogP contribution in [0.4, 0.5) is 0 Å². The van der Waals surface area contributed by atoms with E-state index >= 15 is 0 Å². The second-order valence-corrected chi connectivity index (χ2v) is 4.20. The van der Waals surface area contributed by atoms with E-state index in [4.69, 9.17) is 28.9 Å². The van der Waals surface area contributed by atoms with Crippen molar-refractivity contribution in [1.82, 2.24) is 0 Å². The van der Waals surface area contributed by atoms with Crippen LogP contribution >= 0.6 is 23.2 Å². The molecule has 0 unspecified atom stereocenters. The molecule has 3 heteroatoms. The van der Waals surface area contributed by atoms with Gasteiger partial charge in [-0.25, -0.2) is 0 Å². The van der Waals surface area contributed by atoms with E-state index in [0.29, 0.717) is 22.5 Å². The van der Waals surface area contributed by atoms with Crippen LogP contribution in [0.3, 0.4) is 0 Å². The molecule has 0 aliphatic rings. The van der Waals surface area contributed by atoms with Crippen molar-refractivity contribution in [3.8, 4) is 0 Å². The molecule has 0 aromatic heterocycles. The van der Waals surface area contributed by atoms with Gasteiger partial charge < -0.3 is 5.73 Å². The van der Waals surface area contributed by atoms with Crippen molar-refractivity contribution in [3.05, 3.63) is 33.8 Å². The Morgan fingerprint density at radius 3 is 2.23 bits per heavy atom. The fourth-order valence-electron chi connectivity index (χ4n) is 1.21. The minimum atomic E-state index is 0.467. The SMILES string of the molecule is C[C@H](CN)Cc1cc(Cl)cc(Cl)c1. The molecule has 0 aliphatic heterocycles. The first-order valence-electron chi connectivity index (χ1n) is 4.27. The van der Waals surface area contributed by atoms with Crippen LogP contribution in [0.5, 0.6) is 0 Å². The number of halogens is 2. The van der Waals surface area contributed by atoms with Gasteiger partial charge in [0.05, 0.1) is 0 Å². The highest BCUT2D eigenvalue weighted by Crippen LogP contribution is 2.20. The van der Waals surface area contributed by atoms with Crippen molar-refractivity contribution in [2.24, 2.45) is 11.7 Å². The quantitative estimate of drug-likeness (QED) is 0.828. The Labute approximate surface area is 88.8 Å². The summed E-state index contributed by atoms with van der Waals surface area (Å²) in [5.74, 6) is 0.467. The van der Waals surface area contributed by atoms with Gasteiger partial charge in [0, 0.05) is 10.0 Å². The van der Waals surface area contributed by atoms with Crippen LogP contribution in [0.1, 0.15) is 12.5 Å². The Kier molecular flexibility index (Phi) is 4.04. The lowest BCUT2D eigenvalue weighted by Crippen LogP contribution is -2.13. The lowest BCUT2D eigenvalue weighted by Gasteiger charge is -2.08. The zero-order valence-corrected chi connectivity index (χ0v) is 9.07. The number of nitrogens with two attached hydrogens (primary N) is 1. The van der Waals surface area contributed by atoms with Crippen LogP contribution in [0.2, 0.25) is 10.0 Å². The molecule has 0 heterocycles. The third-order valence-electron chi connectivity index (χ3n) is 1.91. The van der Waals surface area contributed by atoms with Gasteiger partial charge in [-0.15, -0.1) is 0 Å². The smallest absolute Gasteiger partial charge is 0.0423 e. The van der Waals surface area contributed by atoms with E-state index in [2.05, 4.69) is 6.92 Å². The second-order valence-electron chi connectivity index (χ2n) is 3.32. The van der Waals surface area contributed by atoms with Gasteiger partial charge in [-0.05, 0) is 42.6 Å². The van der Waals surface area contributed by atoms with Crippen LogP contribution in [0.15, 0.2) is 18.2 Å². The molecule has 1 aromatic rings. The summed E-state index contributed by atoms with van der Waals surface area (Å²) in [5.41, 5.74) is 6.68. The highest BCUT2D eigenvalue weighted by molar-refractivity contribution is 6.34. The maximum absolute atomic E-state index is 5.86. The van der Waals surface area contributed by atoms with Crippen molar-refractivity contribution >= 4 is 23.2 Å². The average Bonchev–Trinajstić information content (AvgIpc) is 2.02. The standard InChI is InChI=1S/C10H13Cl2N/c1-7(6-13)2-8-3-9(11)5-10(12)4-8/h3-5,7H,2,6,13H2,1H3/t7-/m0/s1. The molecule has 1 aromatic carbocycles. The Morgan fingerprint density at radius 1 is 1.23 bits per heavy atom. The lowest BCUT2D eigenvalue weighted by atomic mass is 10.0. The molecule has 0 fully saturated rings. The number of rotatable bonds is 3. The largest absolute Gasteiger partial charge is 0.330 e. The van der Waals surface area contributed by atoms with Gasteiger partial charge in [0.25, 0.3) is 0 Å². The van der Waals surface area contributed by atoms with Gasteiger partial charge >= 0.3 is 0 Å². The molecule has 13 heavy (non-hydrogen) atoms. The van der Waals surface area contributed by atoms with E-state index < -0.39 is 0 Å². The summed E-state index contributed by atoms with van der Waals surface area (Å²) in [5, 5.41) is 1.37. The Balaban J connectivity index is 2.77. The number of benzene rings is 1. The van der Waals surface area contributed by atoms with Gasteiger partial charge in [0.1, 0.15) is 0 Å². The molecule has 1 rings (SSSR count). The molecule has 0 spiro atoms. The van der Waals surface area contributed by atoms with Crippen molar-refractivity contribution < 1.29 is 0 Å². The molecule has 0 bridgehead atoms. The van der Waals surface area contributed by atoms with Gasteiger partial charge in [0.2, 0.25) is 0 Å². The van der Waals surface area contributed by atoms with Crippen molar-refractivity contribution in [2.45, 2.75) is 13.3 Å². The molecule has 1 nitrogen and oxygen atoms in total. The normalized spacial score (nSPS) is 12.9. The van der Waals surface area contributed by atoms with E-state index in [-0.39, 0.29) is 0 Å². The monoisotopic (exact) mass is 217 g/mol. The number of hydrogen-bond donors (Lipinski definition) is 1. The average molecular weight is 218 g/mol. The second kappa shape index (κ2) is 4.85. The fraction of sp³-hybridized carbons (Fsp3) is 0.400. The highest BCUT2D eigenvalue weighted by atomic mass is 35.5. The summed E-state index contributed by atoms with van der Waals surface area (Å²) in [7, 11) is 0. The van der Waals surface area contributed by atoms with Gasteiger partial charge in [-0.1, -0.05) is 30.1 Å². The predicted molar refractivity (Wildman–Crippen MR) is 58.4 cm³/mol. The first-order valence-corrected chi connectivity index (χ1v) is 5.02. The predicted octanol–water partition coefficient (Wildman–Crippen LogP) is 3.13. The Hall–Kier alpha value is -0.240. The molecule has 0 saturated carbocycles. The molecular formula is C10H13Cl2N. The third-order valence-corrected chi connectivity index (χ3v) is 2.35. The molecule has 0 radical (unpaired) electrons. The first kappa shape index (κ1) is 10.8. The van der Waals surface area contributed by atoms with E-state index in [9.17, 15) is 0 Å². The number of hydrogen-bond acceptors (Lipinski definition) is 1. The van der Waals surface area contributed by atoms with Crippen LogP contribution < -0.4 is 5.73 Å². The summed E-state index contributed by atoms with van der Waals surface area (Å²) in [6.45, 7) is 2.79. The molecule has 1 atom stereocenters. The van der Waals surface area contributed by atoms with Crippen LogP contribution in [-0.4, -0.2) is 6.54 Å². The van der Waals surface area contributed by atoms with Crippen LogP contribution in [0, 0.1) is 5.92 Å². The molecule has 0 saturated heterocycles. The van der Waals surface area contributed by atoms with E-state index in [1.54, 1.807) is 6.07 Å². The van der Waals surface area contributed by atoms with Crippen LogP contribution in [-0.2, 0) is 6.42 Å². The summed E-state index contributed by atoms with van der Waals surface area (Å²) in [6.07, 6.45) is 0.927. The zero-order valence-electron chi connectivity index (χ0n) is 7.56. The summed E-state index contributed by atoms with van der Waals surface area (Å²) < 4.78 is 0. The summed E-state index contributed by atoms with van der Waals surface area (Å²) in [6, 6.07) is 5.60. The van der Waals surface area contributed by atoms with Crippen molar-refractivity contribution in [2.75, 3.05) is 6.54 Å². The first-order chi connectivity index (χ1) is 6.11. The Bertz CT molecular complexity index is 266. The van der Waals surface area contributed by atoms with Gasteiger partial charge in [0.15, 0.2) is 0 Å². The van der Waals surface area contributed by atoms with Gasteiger partial charge in [-0.2, -0.15) is 0 Å². The maximum Gasteiger partial charge on any atom is 0.0423 e. The molecular weight excluding hydrogens is 205 g/mol. The fourth-order valence-corrected chi connectivity index (χ4v) is 1.79. The summed E-state index contributed by atoms with van der Waals surface area (Å²) >= 11 is 11.7. The minimum absolute atomic E-state index is 0.467. The molecule has 2 N–H and O–H groups in total. The zero-order chi connectivity index (χ0) is 9.84. The maximum atomic E-state index is 5.86. The van der Waals surface area contributed by atoms with Crippen molar-refractivity contribution in [1.29, 1.82) is 0 Å². The lowest BCUT2D eigenvalue weighted by molar-refractivity contribution is 0.593. The van der Waals surface area contributed by atoms with Crippen LogP contribution in [0.25, 0.3) is 0 Å². The molecule has 0 amide bonds. The Morgan fingerprint density at radius 2 is 1.77 bits per heavy atom. The van der Waals surface area contributed by atoms with E-state index in [0.717, 1.165) is 12.0 Å². The van der Waals surface area contributed by atoms with Gasteiger partial charge in [-0.3, -0.25) is 0 Å². The topological polar surface area (TPSA) is 26.0 Å². The van der Waals surface area contributed by atoms with E-state index in [1.165, 1.54) is 0 Å². The summed E-state index contributed by atoms with van der Waals surface area (Å²) in [4.78, 5) is 0. The van der Waals surface area contributed by atoms with Crippen molar-refractivity contribution in [3.63, 3.8) is 0 Å². The van der Waals surface area contributed by atoms with E-state index in [1.807, 2.05) is 12.1 Å². The highest BCUT2D eigenvalue weighted by Gasteiger charge is 2.03.